The van der Waals surface area contributed by atoms with Gasteiger partial charge < -0.3 is 29.7 Å². The minimum absolute atomic E-state index is 0.0697. The number of aromatic carboxylic acids is 1. The molecule has 1 fully saturated rings. The number of phenolic OH excluding ortho intramolecular Hbond substituents is 1. The SMILES string of the molecule is CCn1cc(C(=O)O)c(=O)c2cc(F)c(N3CCCC3Nc3ccc(O)cc3)c(OC(F)F)c21. The van der Waals surface area contributed by atoms with Gasteiger partial charge in [-0.3, -0.25) is 4.79 Å². The molecule has 2 aromatic carbocycles. The van der Waals surface area contributed by atoms with Crippen LogP contribution < -0.4 is 20.4 Å². The van der Waals surface area contributed by atoms with E-state index in [1.54, 1.807) is 24.0 Å². The van der Waals surface area contributed by atoms with Crippen molar-refractivity contribution >= 4 is 28.2 Å². The number of carboxylic acid groups (broad SMARTS) is 1. The van der Waals surface area contributed by atoms with Crippen molar-refractivity contribution in [2.75, 3.05) is 16.8 Å². The van der Waals surface area contributed by atoms with Gasteiger partial charge in [0.15, 0.2) is 11.6 Å². The number of ether oxygens (including phenoxy) is 1. The van der Waals surface area contributed by atoms with Crippen LogP contribution in [0.5, 0.6) is 11.5 Å². The van der Waals surface area contributed by atoms with Crippen LogP contribution in [0.2, 0.25) is 0 Å². The molecule has 0 saturated carbocycles. The average molecular weight is 477 g/mol. The number of pyridine rings is 1. The number of aromatic hydroxyl groups is 1. The van der Waals surface area contributed by atoms with Gasteiger partial charge in [0.05, 0.1) is 17.1 Å². The molecule has 11 heteroatoms. The molecule has 3 aromatic rings. The fraction of sp³-hybridized carbons (Fsp3) is 0.304. The molecule has 1 aliphatic heterocycles. The summed E-state index contributed by atoms with van der Waals surface area (Å²) in [5, 5.41) is 21.7. The molecule has 0 spiro atoms. The predicted octanol–water partition coefficient (Wildman–Crippen LogP) is 4.20. The third-order valence-corrected chi connectivity index (χ3v) is 5.76. The van der Waals surface area contributed by atoms with Crippen LogP contribution in [0, 0.1) is 5.82 Å². The molecule has 180 valence electrons. The van der Waals surface area contributed by atoms with E-state index in [1.807, 2.05) is 0 Å². The summed E-state index contributed by atoms with van der Waals surface area (Å²) in [7, 11) is 0. The maximum absolute atomic E-state index is 15.5. The van der Waals surface area contributed by atoms with Crippen molar-refractivity contribution in [1.82, 2.24) is 4.57 Å². The molecule has 0 amide bonds. The number of hydrogen-bond acceptors (Lipinski definition) is 6. The quantitative estimate of drug-likeness (QED) is 0.438. The van der Waals surface area contributed by atoms with E-state index in [1.165, 1.54) is 16.7 Å². The first-order valence-electron chi connectivity index (χ1n) is 10.6. The number of nitrogens with zero attached hydrogens (tertiary/aromatic N) is 2. The Morgan fingerprint density at radius 1 is 1.29 bits per heavy atom. The molecule has 0 bridgehead atoms. The number of nitrogens with one attached hydrogen (secondary N) is 1. The van der Waals surface area contributed by atoms with Gasteiger partial charge in [-0.15, -0.1) is 0 Å². The molecule has 1 aromatic heterocycles. The lowest BCUT2D eigenvalue weighted by molar-refractivity contribution is -0.0488. The summed E-state index contributed by atoms with van der Waals surface area (Å²) in [5.74, 6) is -2.95. The van der Waals surface area contributed by atoms with Crippen molar-refractivity contribution < 1.29 is 32.9 Å². The van der Waals surface area contributed by atoms with Crippen LogP contribution in [0.4, 0.5) is 24.5 Å². The Labute approximate surface area is 191 Å². The number of alkyl halides is 2. The van der Waals surface area contributed by atoms with Gasteiger partial charge in [-0.05, 0) is 50.1 Å². The van der Waals surface area contributed by atoms with Gasteiger partial charge in [-0.25, -0.2) is 9.18 Å². The van der Waals surface area contributed by atoms with Crippen LogP contribution in [0.3, 0.4) is 0 Å². The molecule has 34 heavy (non-hydrogen) atoms. The van der Waals surface area contributed by atoms with Crippen LogP contribution in [0.1, 0.15) is 30.1 Å². The number of benzene rings is 2. The first kappa shape index (κ1) is 23.3. The van der Waals surface area contributed by atoms with Gasteiger partial charge in [-0.2, -0.15) is 8.78 Å². The molecule has 2 heterocycles. The minimum atomic E-state index is -3.31. The summed E-state index contributed by atoms with van der Waals surface area (Å²) in [6, 6.07) is 7.08. The second-order valence-electron chi connectivity index (χ2n) is 7.82. The maximum Gasteiger partial charge on any atom is 0.387 e. The second kappa shape index (κ2) is 9.16. The van der Waals surface area contributed by atoms with Gasteiger partial charge in [0.2, 0.25) is 5.43 Å². The Kier molecular flexibility index (Phi) is 6.27. The molecule has 3 N–H and O–H groups in total. The average Bonchev–Trinajstić information content (AvgIpc) is 3.23. The number of phenols is 1. The molecule has 0 aliphatic carbocycles. The van der Waals surface area contributed by atoms with Gasteiger partial charge in [-0.1, -0.05) is 0 Å². The van der Waals surface area contributed by atoms with E-state index in [9.17, 15) is 28.6 Å². The maximum atomic E-state index is 15.5. The summed E-state index contributed by atoms with van der Waals surface area (Å²) in [6.45, 7) is -1.23. The van der Waals surface area contributed by atoms with E-state index in [2.05, 4.69) is 5.32 Å². The Bertz CT molecular complexity index is 1290. The Morgan fingerprint density at radius 3 is 2.62 bits per heavy atom. The van der Waals surface area contributed by atoms with E-state index in [0.717, 1.165) is 12.3 Å². The zero-order chi connectivity index (χ0) is 24.6. The highest BCUT2D eigenvalue weighted by Crippen LogP contribution is 2.42. The fourth-order valence-corrected chi connectivity index (χ4v) is 4.29. The van der Waals surface area contributed by atoms with Gasteiger partial charge in [0.25, 0.3) is 0 Å². The minimum Gasteiger partial charge on any atom is -0.508 e. The lowest BCUT2D eigenvalue weighted by Gasteiger charge is -2.31. The standard InChI is InChI=1S/C23H22F3N3O5/c1-2-28-11-15(22(32)33)20(31)14-10-16(24)19(21(18(14)28)34-23(25)26)29-9-3-4-17(29)27-12-5-7-13(30)8-6-12/h5-8,10-11,17,23,27,30H,2-4,9H2,1H3,(H,32,33). The van der Waals surface area contributed by atoms with Crippen LogP contribution in [0.25, 0.3) is 10.9 Å². The predicted molar refractivity (Wildman–Crippen MR) is 120 cm³/mol. The molecule has 4 rings (SSSR count). The highest BCUT2D eigenvalue weighted by atomic mass is 19.3. The van der Waals surface area contributed by atoms with E-state index in [-0.39, 0.29) is 28.9 Å². The van der Waals surface area contributed by atoms with E-state index < -0.39 is 41.3 Å². The highest BCUT2D eigenvalue weighted by molar-refractivity contribution is 5.97. The zero-order valence-corrected chi connectivity index (χ0v) is 18.1. The Hall–Kier alpha value is -3.89. The van der Waals surface area contributed by atoms with Gasteiger partial charge in [0.1, 0.15) is 17.0 Å². The largest absolute Gasteiger partial charge is 0.508 e. The fourth-order valence-electron chi connectivity index (χ4n) is 4.29. The first-order valence-corrected chi connectivity index (χ1v) is 10.6. The van der Waals surface area contributed by atoms with Crippen LogP contribution in [-0.2, 0) is 6.54 Å². The van der Waals surface area contributed by atoms with Crippen molar-refractivity contribution in [3.8, 4) is 11.5 Å². The van der Waals surface area contributed by atoms with E-state index >= 15 is 4.39 Å². The lowest BCUT2D eigenvalue weighted by Crippen LogP contribution is -2.37. The molecule has 8 nitrogen and oxygen atoms in total. The molecule has 1 aliphatic rings. The molecule has 0 radical (unpaired) electrons. The third kappa shape index (κ3) is 4.20. The van der Waals surface area contributed by atoms with Crippen LogP contribution >= 0.6 is 0 Å². The number of halogens is 3. The molecule has 1 atom stereocenters. The van der Waals surface area contributed by atoms with Gasteiger partial charge in [0, 0.05) is 25.0 Å². The zero-order valence-electron chi connectivity index (χ0n) is 18.1. The monoisotopic (exact) mass is 477 g/mol. The van der Waals surface area contributed by atoms with Crippen LogP contribution in [-0.4, -0.2) is 40.1 Å². The number of rotatable bonds is 7. The van der Waals surface area contributed by atoms with Crippen molar-refractivity contribution in [2.45, 2.75) is 39.1 Å². The summed E-state index contributed by atoms with van der Waals surface area (Å²) in [6.07, 6.45) is 1.74. The first-order chi connectivity index (χ1) is 16.2. The lowest BCUT2D eigenvalue weighted by atomic mass is 10.1. The van der Waals surface area contributed by atoms with Crippen molar-refractivity contribution in [3.63, 3.8) is 0 Å². The summed E-state index contributed by atoms with van der Waals surface area (Å²) < 4.78 is 48.5. The van der Waals surface area contributed by atoms with Crippen molar-refractivity contribution in [1.29, 1.82) is 0 Å². The summed E-state index contributed by atoms with van der Waals surface area (Å²) in [4.78, 5) is 25.8. The highest BCUT2D eigenvalue weighted by Gasteiger charge is 2.33. The number of carboxylic acids is 1. The summed E-state index contributed by atoms with van der Waals surface area (Å²) in [5.41, 5.74) is -1.31. The number of hydrogen-bond donors (Lipinski definition) is 3. The molecular formula is C23H22F3N3O5. The van der Waals surface area contributed by atoms with Crippen molar-refractivity contribution in [2.24, 2.45) is 0 Å². The smallest absolute Gasteiger partial charge is 0.387 e. The number of fused-ring (bicyclic) bond motifs is 1. The summed E-state index contributed by atoms with van der Waals surface area (Å²) >= 11 is 0. The normalized spacial score (nSPS) is 15.8. The number of anilines is 2. The third-order valence-electron chi connectivity index (χ3n) is 5.76. The number of carbonyl (C=O) groups is 1. The molecule has 1 saturated heterocycles. The van der Waals surface area contributed by atoms with Crippen LogP contribution in [0.15, 0.2) is 41.3 Å². The Morgan fingerprint density at radius 2 is 2.00 bits per heavy atom. The van der Waals surface area contributed by atoms with E-state index in [4.69, 9.17) is 4.74 Å². The Balaban J connectivity index is 1.91. The topological polar surface area (TPSA) is 104 Å². The van der Waals surface area contributed by atoms with E-state index in [0.29, 0.717) is 25.1 Å². The number of aromatic nitrogens is 1. The molecule has 1 unspecified atom stereocenters. The molecular weight excluding hydrogens is 455 g/mol. The van der Waals surface area contributed by atoms with Crippen molar-refractivity contribution in [3.05, 3.63) is 58.1 Å². The van der Waals surface area contributed by atoms with Gasteiger partial charge >= 0.3 is 12.6 Å². The number of aryl methyl sites for hydroxylation is 1. The second-order valence-corrected chi connectivity index (χ2v) is 7.82.